The van der Waals surface area contributed by atoms with Crippen LogP contribution in [0, 0.1) is 0 Å². The van der Waals surface area contributed by atoms with Crippen LogP contribution in [0.1, 0.15) is 5.69 Å². The topological polar surface area (TPSA) is 50.4 Å². The molecule has 1 heterocycles. The van der Waals surface area contributed by atoms with E-state index in [4.69, 9.17) is 5.21 Å². The fraction of sp³-hybridized carbons (Fsp3) is 0.200. The first-order valence-electron chi connectivity index (χ1n) is 2.48. The summed E-state index contributed by atoms with van der Waals surface area (Å²) in [6.07, 6.45) is 4.57. The highest BCUT2D eigenvalue weighted by molar-refractivity contribution is 5.76. The molecule has 4 heteroatoms. The third-order valence-electron chi connectivity index (χ3n) is 1.04. The van der Waals surface area contributed by atoms with Gasteiger partial charge in [-0.3, -0.25) is 0 Å². The van der Waals surface area contributed by atoms with E-state index in [2.05, 4.69) is 10.1 Å². The van der Waals surface area contributed by atoms with Crippen molar-refractivity contribution in [3.8, 4) is 0 Å². The molecule has 0 amide bonds. The lowest BCUT2D eigenvalue weighted by Gasteiger charge is -1.88. The van der Waals surface area contributed by atoms with Crippen LogP contribution in [0.4, 0.5) is 0 Å². The minimum Gasteiger partial charge on any atom is -0.411 e. The summed E-state index contributed by atoms with van der Waals surface area (Å²) in [4.78, 5) is 3.80. The lowest BCUT2D eigenvalue weighted by atomic mass is 10.5. The maximum absolute atomic E-state index is 8.09. The summed E-state index contributed by atoms with van der Waals surface area (Å²) in [6, 6.07) is 0. The van der Waals surface area contributed by atoms with E-state index in [1.54, 1.807) is 17.1 Å². The number of imidazole rings is 1. The molecule has 0 saturated heterocycles. The summed E-state index contributed by atoms with van der Waals surface area (Å²) in [5, 5.41) is 10.9. The molecule has 48 valence electrons. The van der Waals surface area contributed by atoms with Crippen LogP contribution in [0.2, 0.25) is 0 Å². The quantitative estimate of drug-likeness (QED) is 0.332. The molecule has 1 rings (SSSR count). The minimum atomic E-state index is 0.775. The SMILES string of the molecule is Cn1cncc1/C=N\O. The Morgan fingerprint density at radius 1 is 1.89 bits per heavy atom. The van der Waals surface area contributed by atoms with Crippen LogP contribution in [0.15, 0.2) is 17.7 Å². The predicted octanol–water partition coefficient (Wildman–Crippen LogP) is 0.228. The molecule has 0 saturated carbocycles. The summed E-state index contributed by atoms with van der Waals surface area (Å²) in [7, 11) is 1.82. The van der Waals surface area contributed by atoms with E-state index >= 15 is 0 Å². The second-order valence-corrected chi connectivity index (χ2v) is 1.67. The lowest BCUT2D eigenvalue weighted by molar-refractivity contribution is 0.321. The minimum absolute atomic E-state index is 0.775. The first kappa shape index (κ1) is 5.81. The van der Waals surface area contributed by atoms with Gasteiger partial charge in [0.1, 0.15) is 0 Å². The van der Waals surface area contributed by atoms with Gasteiger partial charge in [-0.25, -0.2) is 4.98 Å². The summed E-state index contributed by atoms with van der Waals surface area (Å²) in [5.74, 6) is 0. The molecule has 4 nitrogen and oxygen atoms in total. The molecule has 0 aromatic carbocycles. The molecular weight excluding hydrogens is 118 g/mol. The molecule has 0 fully saturated rings. The van der Waals surface area contributed by atoms with Gasteiger partial charge >= 0.3 is 0 Å². The van der Waals surface area contributed by atoms with Gasteiger partial charge in [-0.15, -0.1) is 0 Å². The van der Waals surface area contributed by atoms with Gasteiger partial charge in [0.05, 0.1) is 24.4 Å². The summed E-state index contributed by atoms with van der Waals surface area (Å²) in [6.45, 7) is 0. The molecular formula is C5H7N3O. The van der Waals surface area contributed by atoms with Gasteiger partial charge in [-0.1, -0.05) is 5.16 Å². The number of oxime groups is 1. The van der Waals surface area contributed by atoms with Crippen LogP contribution in [0.3, 0.4) is 0 Å². The van der Waals surface area contributed by atoms with E-state index in [0.717, 1.165) is 5.69 Å². The normalized spacial score (nSPS) is 10.8. The molecule has 0 spiro atoms. The fourth-order valence-corrected chi connectivity index (χ4v) is 0.551. The average Bonchev–Trinajstić information content (AvgIpc) is 2.18. The van der Waals surface area contributed by atoms with E-state index in [-0.39, 0.29) is 0 Å². The Labute approximate surface area is 52.4 Å². The van der Waals surface area contributed by atoms with Crippen molar-refractivity contribution in [3.05, 3.63) is 18.2 Å². The Balaban J connectivity index is 2.94. The largest absolute Gasteiger partial charge is 0.411 e. The van der Waals surface area contributed by atoms with Crippen molar-refractivity contribution in [2.75, 3.05) is 0 Å². The number of hydrogen-bond acceptors (Lipinski definition) is 3. The van der Waals surface area contributed by atoms with Crippen molar-refractivity contribution in [2.24, 2.45) is 12.2 Å². The van der Waals surface area contributed by atoms with Gasteiger partial charge in [0, 0.05) is 7.05 Å². The molecule has 0 aliphatic rings. The molecule has 1 aromatic heterocycles. The Morgan fingerprint density at radius 3 is 3.11 bits per heavy atom. The zero-order valence-electron chi connectivity index (χ0n) is 5.02. The van der Waals surface area contributed by atoms with E-state index in [1.807, 2.05) is 7.05 Å². The van der Waals surface area contributed by atoms with Gasteiger partial charge in [0.2, 0.25) is 0 Å². The first-order valence-corrected chi connectivity index (χ1v) is 2.48. The smallest absolute Gasteiger partial charge is 0.0948 e. The highest BCUT2D eigenvalue weighted by Gasteiger charge is 1.90. The van der Waals surface area contributed by atoms with Crippen LogP contribution in [-0.2, 0) is 7.05 Å². The van der Waals surface area contributed by atoms with Crippen molar-refractivity contribution < 1.29 is 5.21 Å². The monoisotopic (exact) mass is 125 g/mol. The van der Waals surface area contributed by atoms with Gasteiger partial charge in [-0.2, -0.15) is 0 Å². The number of nitrogens with zero attached hydrogens (tertiary/aromatic N) is 3. The van der Waals surface area contributed by atoms with Crippen molar-refractivity contribution in [1.29, 1.82) is 0 Å². The van der Waals surface area contributed by atoms with Gasteiger partial charge in [-0.05, 0) is 0 Å². The number of aryl methyl sites for hydroxylation is 1. The molecule has 0 aliphatic heterocycles. The molecule has 1 N–H and O–H groups in total. The zero-order chi connectivity index (χ0) is 6.69. The van der Waals surface area contributed by atoms with Gasteiger partial charge in [0.15, 0.2) is 0 Å². The second kappa shape index (κ2) is 2.30. The molecule has 1 aromatic rings. The van der Waals surface area contributed by atoms with Crippen LogP contribution >= 0.6 is 0 Å². The Bertz CT molecular complexity index is 216. The van der Waals surface area contributed by atoms with Gasteiger partial charge < -0.3 is 9.77 Å². The van der Waals surface area contributed by atoms with Gasteiger partial charge in [0.25, 0.3) is 0 Å². The van der Waals surface area contributed by atoms with E-state index in [0.29, 0.717) is 0 Å². The summed E-state index contributed by atoms with van der Waals surface area (Å²) >= 11 is 0. The lowest BCUT2D eigenvalue weighted by Crippen LogP contribution is -1.91. The van der Waals surface area contributed by atoms with Crippen molar-refractivity contribution in [2.45, 2.75) is 0 Å². The molecule has 0 unspecified atom stereocenters. The predicted molar refractivity (Wildman–Crippen MR) is 32.6 cm³/mol. The highest BCUT2D eigenvalue weighted by atomic mass is 16.4. The van der Waals surface area contributed by atoms with E-state index in [9.17, 15) is 0 Å². The Hall–Kier alpha value is -1.32. The average molecular weight is 125 g/mol. The van der Waals surface area contributed by atoms with Crippen molar-refractivity contribution in [3.63, 3.8) is 0 Å². The van der Waals surface area contributed by atoms with Crippen molar-refractivity contribution >= 4 is 6.21 Å². The van der Waals surface area contributed by atoms with Crippen LogP contribution in [0.5, 0.6) is 0 Å². The molecule has 0 bridgehead atoms. The molecule has 9 heavy (non-hydrogen) atoms. The standard InChI is InChI=1S/C5H7N3O/c1-8-4-6-2-5(8)3-7-9/h2-4,9H,1H3/b7-3-. The molecule has 0 atom stereocenters. The van der Waals surface area contributed by atoms with Crippen LogP contribution in [-0.4, -0.2) is 21.0 Å². The third-order valence-corrected chi connectivity index (χ3v) is 1.04. The summed E-state index contributed by atoms with van der Waals surface area (Å²) in [5.41, 5.74) is 0.775. The number of rotatable bonds is 1. The van der Waals surface area contributed by atoms with Crippen LogP contribution in [0.25, 0.3) is 0 Å². The fourth-order valence-electron chi connectivity index (χ4n) is 0.551. The maximum atomic E-state index is 8.09. The maximum Gasteiger partial charge on any atom is 0.0948 e. The molecule has 0 aliphatic carbocycles. The highest BCUT2D eigenvalue weighted by Crippen LogP contribution is 1.89. The Kier molecular flexibility index (Phi) is 1.48. The third kappa shape index (κ3) is 1.07. The number of aromatic nitrogens is 2. The van der Waals surface area contributed by atoms with Crippen LogP contribution < -0.4 is 0 Å². The molecule has 0 radical (unpaired) electrons. The van der Waals surface area contributed by atoms with E-state index in [1.165, 1.54) is 6.21 Å². The number of hydrogen-bond donors (Lipinski definition) is 1. The van der Waals surface area contributed by atoms with E-state index < -0.39 is 0 Å². The summed E-state index contributed by atoms with van der Waals surface area (Å²) < 4.78 is 1.75. The second-order valence-electron chi connectivity index (χ2n) is 1.67. The van der Waals surface area contributed by atoms with Crippen molar-refractivity contribution in [1.82, 2.24) is 9.55 Å². The first-order chi connectivity index (χ1) is 4.34. The Morgan fingerprint density at radius 2 is 2.67 bits per heavy atom. The zero-order valence-corrected chi connectivity index (χ0v) is 5.02.